The highest BCUT2D eigenvalue weighted by Gasteiger charge is 2.28. The molecule has 464 valence electrons. The fourth-order valence-corrected chi connectivity index (χ4v) is 12.6. The Labute approximate surface area is 517 Å². The lowest BCUT2D eigenvalue weighted by atomic mass is 9.92. The highest BCUT2D eigenvalue weighted by atomic mass is 35.5. The SMILES string of the molecule is CC1=CC(=O)C(CN)=C(C)C1.CCN(c1cc(-c2ccc(CN3CCOCC3)cc2)cc(C(=O)NCC2=C(C)CC(C)=CC2=O)c1C)C1CCOCC1.CCN(c1cc(-c2ccc(CN3CCOCC3)cc2)cc(C(=O)O)c1C)C1CCOCC1.Cl. The molecule has 4 aromatic rings. The number of nitrogens with zero attached hydrogens (tertiary/aromatic N) is 4. The van der Waals surface area contributed by atoms with Crippen molar-refractivity contribution in [1.29, 1.82) is 0 Å². The first-order valence-corrected chi connectivity index (χ1v) is 30.8. The molecule has 2 aliphatic carbocycles. The average Bonchev–Trinajstić information content (AvgIpc) is 3.14. The zero-order valence-corrected chi connectivity index (χ0v) is 53.0. The number of rotatable bonds is 17. The van der Waals surface area contributed by atoms with Gasteiger partial charge in [-0.3, -0.25) is 24.2 Å². The van der Waals surface area contributed by atoms with Gasteiger partial charge in [-0.1, -0.05) is 70.8 Å². The van der Waals surface area contributed by atoms with Gasteiger partial charge in [0.05, 0.1) is 32.0 Å². The Hall–Kier alpha value is -6.27. The topological polar surface area (TPSA) is 176 Å². The van der Waals surface area contributed by atoms with Crippen molar-refractivity contribution in [3.05, 3.63) is 152 Å². The van der Waals surface area contributed by atoms with Crippen LogP contribution in [0.25, 0.3) is 22.3 Å². The van der Waals surface area contributed by atoms with Gasteiger partial charge in [-0.15, -0.1) is 12.4 Å². The molecular weight excluding hydrogens is 1100 g/mol. The molecule has 4 fully saturated rings. The number of carbonyl (C=O) groups is 4. The highest BCUT2D eigenvalue weighted by molar-refractivity contribution is 6.08. The summed E-state index contributed by atoms with van der Waals surface area (Å²) in [6, 6.07) is 26.2. The normalized spacial score (nSPS) is 18.2. The van der Waals surface area contributed by atoms with Crippen LogP contribution in [0.4, 0.5) is 11.4 Å². The molecule has 4 saturated heterocycles. The van der Waals surface area contributed by atoms with Gasteiger partial charge in [0.1, 0.15) is 0 Å². The lowest BCUT2D eigenvalue weighted by Crippen LogP contribution is -2.40. The Balaban J connectivity index is 0.000000212. The van der Waals surface area contributed by atoms with Crippen LogP contribution in [0.15, 0.2) is 118 Å². The highest BCUT2D eigenvalue weighted by Crippen LogP contribution is 2.36. The maximum Gasteiger partial charge on any atom is 0.336 e. The summed E-state index contributed by atoms with van der Waals surface area (Å²) in [7, 11) is 0. The quantitative estimate of drug-likeness (QED) is 0.0910. The van der Waals surface area contributed by atoms with E-state index < -0.39 is 5.97 Å². The molecule has 0 spiro atoms. The Morgan fingerprint density at radius 2 is 0.942 bits per heavy atom. The molecule has 0 aromatic heterocycles. The summed E-state index contributed by atoms with van der Waals surface area (Å²) in [5.74, 6) is -0.940. The molecule has 0 radical (unpaired) electrons. The van der Waals surface area contributed by atoms with E-state index in [1.807, 2.05) is 53.7 Å². The van der Waals surface area contributed by atoms with E-state index in [0.29, 0.717) is 35.3 Å². The molecule has 15 nitrogen and oxygen atoms in total. The zero-order chi connectivity index (χ0) is 60.6. The van der Waals surface area contributed by atoms with E-state index in [4.69, 9.17) is 24.7 Å². The van der Waals surface area contributed by atoms with Gasteiger partial charge in [0, 0.05) is 132 Å². The number of benzene rings is 4. The number of halogens is 1. The Morgan fingerprint density at radius 3 is 1.33 bits per heavy atom. The van der Waals surface area contributed by atoms with Crippen molar-refractivity contribution in [2.45, 2.75) is 119 Å². The maximum atomic E-state index is 13.8. The van der Waals surface area contributed by atoms with Gasteiger partial charge in [0.2, 0.25) is 0 Å². The van der Waals surface area contributed by atoms with E-state index in [-0.39, 0.29) is 36.4 Å². The lowest BCUT2D eigenvalue weighted by Gasteiger charge is -2.37. The number of carboxylic acid groups (broad SMARTS) is 1. The third-order valence-corrected chi connectivity index (χ3v) is 17.5. The van der Waals surface area contributed by atoms with Crippen molar-refractivity contribution in [3.8, 4) is 22.3 Å². The number of hydrogen-bond donors (Lipinski definition) is 3. The predicted octanol–water partition coefficient (Wildman–Crippen LogP) is 11.3. The number of carboxylic acids is 1. The summed E-state index contributed by atoms with van der Waals surface area (Å²) in [5, 5.41) is 13.0. The van der Waals surface area contributed by atoms with Crippen molar-refractivity contribution in [2.75, 3.05) is 115 Å². The number of nitrogens with one attached hydrogen (secondary N) is 1. The van der Waals surface area contributed by atoms with Crippen molar-refractivity contribution in [2.24, 2.45) is 5.73 Å². The van der Waals surface area contributed by atoms with Crippen LogP contribution in [0.3, 0.4) is 0 Å². The number of amides is 1. The van der Waals surface area contributed by atoms with Gasteiger partial charge in [-0.05, 0) is 175 Å². The number of carbonyl (C=O) groups excluding carboxylic acids is 3. The van der Waals surface area contributed by atoms with E-state index in [9.17, 15) is 24.3 Å². The molecule has 6 aliphatic rings. The molecule has 0 unspecified atom stereocenters. The lowest BCUT2D eigenvalue weighted by molar-refractivity contribution is -0.112. The van der Waals surface area contributed by atoms with E-state index in [0.717, 1.165) is 216 Å². The zero-order valence-electron chi connectivity index (χ0n) is 52.2. The van der Waals surface area contributed by atoms with E-state index >= 15 is 0 Å². The smallest absolute Gasteiger partial charge is 0.336 e. The molecule has 0 atom stereocenters. The second kappa shape index (κ2) is 32.6. The van der Waals surface area contributed by atoms with Crippen molar-refractivity contribution in [3.63, 3.8) is 0 Å². The van der Waals surface area contributed by atoms with Crippen LogP contribution in [0.1, 0.15) is 123 Å². The van der Waals surface area contributed by atoms with Crippen LogP contribution in [0, 0.1) is 13.8 Å². The molecule has 16 heteroatoms. The number of ether oxygens (including phenoxy) is 4. The molecular formula is C70H93ClN6O9. The Bertz CT molecular complexity index is 3110. The van der Waals surface area contributed by atoms with Gasteiger partial charge >= 0.3 is 5.97 Å². The largest absolute Gasteiger partial charge is 0.478 e. The maximum absolute atomic E-state index is 13.8. The van der Waals surface area contributed by atoms with Crippen molar-refractivity contribution in [1.82, 2.24) is 15.1 Å². The minimum atomic E-state index is -0.877. The van der Waals surface area contributed by atoms with Gasteiger partial charge in [0.15, 0.2) is 11.6 Å². The third-order valence-electron chi connectivity index (χ3n) is 17.5. The average molecular weight is 1200 g/mol. The summed E-state index contributed by atoms with van der Waals surface area (Å²) < 4.78 is 22.1. The van der Waals surface area contributed by atoms with Crippen LogP contribution < -0.4 is 20.9 Å². The number of allylic oxidation sites excluding steroid dienone is 6. The van der Waals surface area contributed by atoms with Crippen molar-refractivity contribution >= 4 is 47.2 Å². The first-order chi connectivity index (χ1) is 41.0. The van der Waals surface area contributed by atoms with Crippen LogP contribution in [0.5, 0.6) is 0 Å². The third kappa shape index (κ3) is 17.7. The summed E-state index contributed by atoms with van der Waals surface area (Å²) in [6.07, 6.45) is 8.91. The molecule has 4 aromatic carbocycles. The fraction of sp³-hybridized carbons (Fsp3) is 0.486. The standard InChI is InChI=1S/C35H45N3O4.C26H34N2O4.C9H13NO.ClH/c1-5-38(30-10-14-41-15-11-30)33-21-29(28-8-6-27(7-9-28)23-37-12-16-42-17-13-37)20-31(26(33)4)35(40)36-22-32-25(3)18-24(2)19-34(32)39;1-3-28(23-8-12-31-13-9-23)25-17-22(16-24(19(25)2)26(29)30)21-6-4-20(5-7-21)18-27-10-14-32-15-11-27;1-6-3-7(2)8(5-10)9(11)4-6;/h6-9,19-21,30H,5,10-18,22-23H2,1-4H3,(H,36,40);4-7,16-17,23H,3,8-15,18H2,1-2H3,(H,29,30);4H,3,5,10H2,1-2H3;1H. The number of morpholine rings is 2. The predicted molar refractivity (Wildman–Crippen MR) is 347 cm³/mol. The molecule has 4 heterocycles. The Morgan fingerprint density at radius 1 is 0.558 bits per heavy atom. The number of ketones is 2. The van der Waals surface area contributed by atoms with Crippen molar-refractivity contribution < 1.29 is 43.2 Å². The molecule has 4 N–H and O–H groups in total. The molecule has 0 bridgehead atoms. The van der Waals surface area contributed by atoms with E-state index in [2.05, 4.69) is 99.4 Å². The number of anilines is 2. The molecule has 4 aliphatic heterocycles. The van der Waals surface area contributed by atoms with Gasteiger partial charge < -0.3 is 44.9 Å². The number of aromatic carboxylic acids is 1. The molecule has 1 amide bonds. The molecule has 10 rings (SSSR count). The van der Waals surface area contributed by atoms with Crippen LogP contribution >= 0.6 is 12.4 Å². The number of hydrogen-bond acceptors (Lipinski definition) is 13. The molecule has 0 saturated carbocycles. The van der Waals surface area contributed by atoms with E-state index in [1.165, 1.54) is 11.1 Å². The van der Waals surface area contributed by atoms with Crippen LogP contribution in [-0.2, 0) is 41.6 Å². The van der Waals surface area contributed by atoms with E-state index in [1.54, 1.807) is 12.2 Å². The summed E-state index contributed by atoms with van der Waals surface area (Å²) >= 11 is 0. The fourth-order valence-electron chi connectivity index (χ4n) is 12.6. The second-order valence-electron chi connectivity index (χ2n) is 23.5. The minimum absolute atomic E-state index is 0. The Kier molecular flexibility index (Phi) is 25.5. The summed E-state index contributed by atoms with van der Waals surface area (Å²) in [5.41, 5.74) is 22.8. The van der Waals surface area contributed by atoms with Gasteiger partial charge in [-0.25, -0.2) is 4.79 Å². The summed E-state index contributed by atoms with van der Waals surface area (Å²) in [4.78, 5) is 59.4. The first-order valence-electron chi connectivity index (χ1n) is 30.8. The second-order valence-corrected chi connectivity index (χ2v) is 23.5. The monoisotopic (exact) mass is 1200 g/mol. The van der Waals surface area contributed by atoms with Gasteiger partial charge in [-0.2, -0.15) is 0 Å². The summed E-state index contributed by atoms with van der Waals surface area (Å²) in [6.45, 7) is 30.3. The van der Waals surface area contributed by atoms with Crippen LogP contribution in [-0.4, -0.2) is 156 Å². The molecule has 86 heavy (non-hydrogen) atoms. The first kappa shape index (κ1) is 67.2. The number of nitrogens with two attached hydrogens (primary N) is 1. The van der Waals surface area contributed by atoms with Crippen LogP contribution in [0.2, 0.25) is 0 Å². The van der Waals surface area contributed by atoms with Gasteiger partial charge in [0.25, 0.3) is 5.91 Å². The minimum Gasteiger partial charge on any atom is -0.478 e.